The first-order valence-corrected chi connectivity index (χ1v) is 19.7. The van der Waals surface area contributed by atoms with E-state index < -0.39 is 0 Å². The van der Waals surface area contributed by atoms with E-state index in [0.717, 1.165) is 73.5 Å². The Morgan fingerprint density at radius 1 is 0.517 bits per heavy atom. The van der Waals surface area contributed by atoms with Gasteiger partial charge in [0.15, 0.2) is 6.19 Å². The Kier molecular flexibility index (Phi) is 27.6. The van der Waals surface area contributed by atoms with Gasteiger partial charge in [-0.1, -0.05) is 60.5 Å². The molecule has 0 bridgehead atoms. The van der Waals surface area contributed by atoms with Gasteiger partial charge in [-0.05, 0) is 98.5 Å². The summed E-state index contributed by atoms with van der Waals surface area (Å²) in [6, 6.07) is 21.2. The number of benzene rings is 3. The zero-order chi connectivity index (χ0) is 44.4. The van der Waals surface area contributed by atoms with Crippen molar-refractivity contribution in [3.8, 4) is 12.4 Å². The molecule has 0 aliphatic carbocycles. The molecule has 0 aliphatic rings. The van der Waals surface area contributed by atoms with Crippen molar-refractivity contribution in [1.82, 2.24) is 10.6 Å². The predicted molar refractivity (Wildman–Crippen MR) is 250 cm³/mol. The van der Waals surface area contributed by atoms with Gasteiger partial charge in [-0.2, -0.15) is 20.5 Å². The number of hydrogen-bond acceptors (Lipinski definition) is 7. The number of halogens is 3. The molecular weight excluding hydrogens is 829 g/mol. The van der Waals surface area contributed by atoms with Gasteiger partial charge in [0.25, 0.3) is 0 Å². The Morgan fingerprint density at radius 3 is 1.32 bits per heavy atom. The van der Waals surface area contributed by atoms with Crippen molar-refractivity contribution in [2.45, 2.75) is 51.4 Å². The highest BCUT2D eigenvalue weighted by molar-refractivity contribution is 6.31. The third-order valence-electron chi connectivity index (χ3n) is 7.21. The minimum absolute atomic E-state index is 0.124. The minimum atomic E-state index is 0.124. The number of rotatable bonds is 16. The van der Waals surface area contributed by atoms with Gasteiger partial charge in [-0.15, -0.1) is 4.99 Å². The summed E-state index contributed by atoms with van der Waals surface area (Å²) < 4.78 is 0. The Morgan fingerprint density at radius 2 is 0.917 bits per heavy atom. The van der Waals surface area contributed by atoms with Crippen LogP contribution in [0.15, 0.2) is 103 Å². The van der Waals surface area contributed by atoms with E-state index in [1.165, 1.54) is 0 Å². The molecule has 3 rings (SSSR count). The number of nitrogens with zero attached hydrogens (tertiary/aromatic N) is 8. The Balaban J connectivity index is 0.000000571. The zero-order valence-electron chi connectivity index (χ0n) is 33.2. The number of nitriles is 2. The van der Waals surface area contributed by atoms with Crippen LogP contribution in [0.3, 0.4) is 0 Å². The van der Waals surface area contributed by atoms with Crippen molar-refractivity contribution < 1.29 is 0 Å². The molecule has 0 fully saturated rings. The number of aliphatic imine (C=N–C) groups is 6. The fourth-order valence-electron chi connectivity index (χ4n) is 4.36. The molecule has 19 nitrogen and oxygen atoms in total. The maximum atomic E-state index is 8.25. The van der Waals surface area contributed by atoms with E-state index in [9.17, 15) is 0 Å². The number of anilines is 3. The maximum Gasteiger partial charge on any atom is 0.218 e. The predicted octanol–water partition coefficient (Wildman–Crippen LogP) is 4.58. The van der Waals surface area contributed by atoms with Crippen molar-refractivity contribution in [1.29, 1.82) is 10.5 Å². The quantitative estimate of drug-likeness (QED) is 0.0235. The van der Waals surface area contributed by atoms with Crippen LogP contribution in [-0.4, -0.2) is 61.9 Å². The first kappa shape index (κ1) is 51.3. The molecular formula is C38H54Cl3N19. The topological polar surface area (TPSA) is 352 Å². The van der Waals surface area contributed by atoms with Crippen LogP contribution in [0.1, 0.15) is 51.4 Å². The Hall–Kier alpha value is -6.67. The highest BCUT2D eigenvalue weighted by atomic mass is 35.5. The van der Waals surface area contributed by atoms with E-state index in [2.05, 4.69) is 51.2 Å². The van der Waals surface area contributed by atoms with Crippen LogP contribution in [-0.2, 0) is 0 Å². The minimum Gasteiger partial charge on any atom is -0.399 e. The third kappa shape index (κ3) is 28.7. The highest BCUT2D eigenvalue weighted by Crippen LogP contribution is 2.14. The molecule has 0 amide bonds. The summed E-state index contributed by atoms with van der Waals surface area (Å²) in [4.78, 5) is 23.8. The van der Waals surface area contributed by atoms with Gasteiger partial charge in [-0.3, -0.25) is 20.3 Å². The molecule has 0 saturated heterocycles. The molecule has 22 heteroatoms. The average molecular weight is 883 g/mol. The van der Waals surface area contributed by atoms with Crippen molar-refractivity contribution in [3.05, 3.63) is 87.9 Å². The van der Waals surface area contributed by atoms with E-state index in [1.54, 1.807) is 85.2 Å². The summed E-state index contributed by atoms with van der Waals surface area (Å²) in [5.74, 6) is 0.867. The Labute approximate surface area is 366 Å². The number of nitrogen functional groups attached to an aromatic ring is 1. The molecule has 0 radical (unpaired) electrons. The molecule has 3 aromatic carbocycles. The van der Waals surface area contributed by atoms with Gasteiger partial charge in [0.05, 0.1) is 0 Å². The molecule has 0 heterocycles. The second-order valence-corrected chi connectivity index (χ2v) is 13.5. The van der Waals surface area contributed by atoms with E-state index in [1.807, 2.05) is 0 Å². The monoisotopic (exact) mass is 881 g/mol. The van der Waals surface area contributed by atoms with Crippen molar-refractivity contribution in [2.24, 2.45) is 64.4 Å². The molecule has 0 unspecified atom stereocenters. The molecule has 0 saturated carbocycles. The molecule has 0 aromatic heterocycles. The van der Waals surface area contributed by atoms with Gasteiger partial charge in [0, 0.05) is 58.3 Å². The number of nitrogens with one attached hydrogen (secondary N) is 4. The number of guanidine groups is 6. The van der Waals surface area contributed by atoms with E-state index in [-0.39, 0.29) is 35.8 Å². The summed E-state index contributed by atoms with van der Waals surface area (Å²) in [5, 5.41) is 29.4. The molecule has 60 heavy (non-hydrogen) atoms. The van der Waals surface area contributed by atoms with Crippen LogP contribution >= 0.6 is 34.8 Å². The standard InChI is InChI=1S/C22H30Cl2N10.C10H18N8.C6H6ClN/c23-15-5-9-17(10-6-15)31-21(27)33-19(25)29-13-3-1-2-4-14-30-20(26)34-22(28)32-18-11-7-16(24)8-12-18;11-7-17-9(13)15-5-3-1-2-4-6-16-10(14)18-8-12;7-5-1-3-6(8)4-2-5/h5-12H,1-4,13-14H2,(H5,25,27,29,31,33)(H5,26,28,30,32,34);1-6H2,(H3,13,15,17)(H3,14,16,18);1-4H,8H2. The third-order valence-corrected chi connectivity index (χ3v) is 7.97. The van der Waals surface area contributed by atoms with Gasteiger partial charge >= 0.3 is 0 Å². The molecule has 0 atom stereocenters. The van der Waals surface area contributed by atoms with Gasteiger partial charge in [0.1, 0.15) is 0 Å². The lowest BCUT2D eigenvalue weighted by Gasteiger charge is -2.05. The first-order chi connectivity index (χ1) is 28.8. The van der Waals surface area contributed by atoms with Crippen LogP contribution < -0.4 is 61.4 Å². The molecule has 322 valence electrons. The van der Waals surface area contributed by atoms with Crippen LogP contribution in [0.4, 0.5) is 17.1 Å². The molecule has 3 aromatic rings. The second kappa shape index (κ2) is 32.3. The van der Waals surface area contributed by atoms with Crippen LogP contribution in [0.25, 0.3) is 0 Å². The largest absolute Gasteiger partial charge is 0.399 e. The fraction of sp³-hybridized carbons (Fsp3) is 0.316. The van der Waals surface area contributed by atoms with Crippen molar-refractivity contribution in [2.75, 3.05) is 42.5 Å². The van der Waals surface area contributed by atoms with Gasteiger partial charge in [-0.25, -0.2) is 0 Å². The Bertz CT molecular complexity index is 1830. The van der Waals surface area contributed by atoms with E-state index >= 15 is 0 Å². The summed E-state index contributed by atoms with van der Waals surface area (Å²) in [7, 11) is 0. The number of unbranched alkanes of at least 4 members (excludes halogenated alkanes) is 6. The van der Waals surface area contributed by atoms with Crippen LogP contribution in [0, 0.1) is 22.9 Å². The fourth-order valence-corrected chi connectivity index (χ4v) is 4.74. The smallest absolute Gasteiger partial charge is 0.218 e. The SMILES string of the molecule is N#CN=C(N)NCCCCCCN=C(N)NC#N.NC(=NCCCCCCN=C(N)N=C(N)Nc1ccc(Cl)cc1)N=C(N)Nc1ccc(Cl)cc1.Nc1ccc(Cl)cc1. The summed E-state index contributed by atoms with van der Waals surface area (Å²) in [5.41, 5.74) is 41.6. The lowest BCUT2D eigenvalue weighted by atomic mass is 10.2. The van der Waals surface area contributed by atoms with Crippen LogP contribution in [0.2, 0.25) is 15.1 Å². The maximum absolute atomic E-state index is 8.25. The lowest BCUT2D eigenvalue weighted by Crippen LogP contribution is -2.31. The summed E-state index contributed by atoms with van der Waals surface area (Å²) >= 11 is 17.3. The van der Waals surface area contributed by atoms with Crippen molar-refractivity contribution in [3.63, 3.8) is 0 Å². The van der Waals surface area contributed by atoms with Gasteiger partial charge in [0.2, 0.25) is 42.0 Å². The highest BCUT2D eigenvalue weighted by Gasteiger charge is 1.99. The normalized spacial score (nSPS) is 12.1. The molecule has 18 N–H and O–H groups in total. The molecule has 0 aliphatic heterocycles. The van der Waals surface area contributed by atoms with E-state index in [4.69, 9.17) is 85.5 Å². The van der Waals surface area contributed by atoms with Crippen molar-refractivity contribution >= 4 is 87.6 Å². The molecule has 0 spiro atoms. The second-order valence-electron chi connectivity index (χ2n) is 12.1. The number of nitrogens with two attached hydrogens (primary N) is 7. The van der Waals surface area contributed by atoms with Gasteiger partial charge < -0.3 is 56.1 Å². The first-order valence-electron chi connectivity index (χ1n) is 18.6. The number of hydrogen-bond donors (Lipinski definition) is 11. The summed E-state index contributed by atoms with van der Waals surface area (Å²) in [6.45, 7) is 2.42. The average Bonchev–Trinajstić information content (AvgIpc) is 3.20. The van der Waals surface area contributed by atoms with E-state index in [0.29, 0.717) is 36.2 Å². The lowest BCUT2D eigenvalue weighted by molar-refractivity contribution is 0.636. The van der Waals surface area contributed by atoms with Crippen LogP contribution in [0.5, 0.6) is 0 Å². The zero-order valence-corrected chi connectivity index (χ0v) is 35.4. The summed E-state index contributed by atoms with van der Waals surface area (Å²) in [6.07, 6.45) is 10.9.